The molecule has 1 aromatic heterocycles. The molecular weight excluding hydrogens is 408 g/mol. The van der Waals surface area contributed by atoms with Crippen LogP contribution >= 0.6 is 11.3 Å². The predicted molar refractivity (Wildman–Crippen MR) is 126 cm³/mol. The second kappa shape index (κ2) is 10.2. The van der Waals surface area contributed by atoms with Crippen LogP contribution in [0.25, 0.3) is 11.3 Å². The van der Waals surface area contributed by atoms with Gasteiger partial charge in [-0.25, -0.2) is 4.98 Å². The molecule has 2 fully saturated rings. The van der Waals surface area contributed by atoms with E-state index in [1.807, 2.05) is 30.1 Å². The van der Waals surface area contributed by atoms with Crippen LogP contribution in [0.4, 0.5) is 0 Å². The van der Waals surface area contributed by atoms with Gasteiger partial charge in [0.25, 0.3) is 0 Å². The fourth-order valence-electron chi connectivity index (χ4n) is 4.30. The number of rotatable bonds is 5. The zero-order valence-electron chi connectivity index (χ0n) is 18.5. The molecule has 2 aromatic rings. The number of hydrogen-bond acceptors (Lipinski definition) is 5. The van der Waals surface area contributed by atoms with Crippen LogP contribution in [0.1, 0.15) is 24.8 Å². The molecule has 0 saturated carbocycles. The minimum absolute atomic E-state index is 0.0399. The lowest BCUT2D eigenvalue weighted by atomic mass is 10.2. The van der Waals surface area contributed by atoms with E-state index in [2.05, 4.69) is 44.5 Å². The maximum atomic E-state index is 12.7. The first-order valence-corrected chi connectivity index (χ1v) is 12.0. The zero-order chi connectivity index (χ0) is 21.6. The second-order valence-corrected chi connectivity index (χ2v) is 9.07. The van der Waals surface area contributed by atoms with E-state index in [0.29, 0.717) is 6.54 Å². The standard InChI is InChI=1S/C23H32N6OS/c1-18(22(30)28-10-6-7-11-28)27-12-14-29(15-13-27)23(24-2)25-16-21-26-20(17-31-21)19-8-4-3-5-9-19/h3-5,8-9,17-18H,6-7,10-16H2,1-2H3,(H,24,25). The van der Waals surface area contributed by atoms with Gasteiger partial charge in [-0.1, -0.05) is 30.3 Å². The molecule has 31 heavy (non-hydrogen) atoms. The molecule has 0 radical (unpaired) electrons. The summed E-state index contributed by atoms with van der Waals surface area (Å²) in [6.45, 7) is 8.03. The summed E-state index contributed by atoms with van der Waals surface area (Å²) in [5, 5.41) is 6.61. The monoisotopic (exact) mass is 440 g/mol. The minimum Gasteiger partial charge on any atom is -0.350 e. The Bertz CT molecular complexity index is 884. The third-order valence-electron chi connectivity index (χ3n) is 6.17. The first-order chi connectivity index (χ1) is 15.2. The molecule has 4 rings (SSSR count). The molecule has 2 aliphatic heterocycles. The smallest absolute Gasteiger partial charge is 0.239 e. The molecule has 3 heterocycles. The average Bonchev–Trinajstić information content (AvgIpc) is 3.52. The molecule has 1 atom stereocenters. The van der Waals surface area contributed by atoms with Crippen LogP contribution in [0.15, 0.2) is 40.7 Å². The predicted octanol–water partition coefficient (Wildman–Crippen LogP) is 2.51. The summed E-state index contributed by atoms with van der Waals surface area (Å²) >= 11 is 1.67. The highest BCUT2D eigenvalue weighted by molar-refractivity contribution is 7.09. The number of carbonyl (C=O) groups is 1. The van der Waals surface area contributed by atoms with E-state index in [-0.39, 0.29) is 11.9 Å². The van der Waals surface area contributed by atoms with E-state index in [0.717, 1.165) is 74.3 Å². The topological polar surface area (TPSA) is 64.1 Å². The quantitative estimate of drug-likeness (QED) is 0.572. The third-order valence-corrected chi connectivity index (χ3v) is 7.02. The van der Waals surface area contributed by atoms with Crippen molar-refractivity contribution in [3.8, 4) is 11.3 Å². The zero-order valence-corrected chi connectivity index (χ0v) is 19.3. The molecule has 1 N–H and O–H groups in total. The normalized spacial score (nSPS) is 19.0. The van der Waals surface area contributed by atoms with Crippen molar-refractivity contribution in [2.75, 3.05) is 46.3 Å². The summed E-state index contributed by atoms with van der Waals surface area (Å²) in [6.07, 6.45) is 2.28. The molecule has 166 valence electrons. The maximum Gasteiger partial charge on any atom is 0.239 e. The van der Waals surface area contributed by atoms with Crippen LogP contribution in [0, 0.1) is 0 Å². The highest BCUT2D eigenvalue weighted by Crippen LogP contribution is 2.21. The molecule has 0 aliphatic carbocycles. The number of aliphatic imine (C=N–C) groups is 1. The Kier molecular flexibility index (Phi) is 7.19. The van der Waals surface area contributed by atoms with E-state index >= 15 is 0 Å². The molecular formula is C23H32N6OS. The van der Waals surface area contributed by atoms with Crippen LogP contribution in [-0.4, -0.2) is 83.9 Å². The SMILES string of the molecule is CN=C(NCc1nc(-c2ccccc2)cs1)N1CCN(C(C)C(=O)N2CCCC2)CC1. The fourth-order valence-corrected chi connectivity index (χ4v) is 5.04. The molecule has 1 unspecified atom stereocenters. The van der Waals surface area contributed by atoms with Gasteiger partial charge in [0, 0.05) is 57.3 Å². The van der Waals surface area contributed by atoms with Gasteiger partial charge in [0.1, 0.15) is 5.01 Å². The molecule has 1 aromatic carbocycles. The Balaban J connectivity index is 1.27. The van der Waals surface area contributed by atoms with E-state index in [1.54, 1.807) is 11.3 Å². The Labute approximate surface area is 188 Å². The summed E-state index contributed by atoms with van der Waals surface area (Å²) in [7, 11) is 1.82. The van der Waals surface area contributed by atoms with Crippen molar-refractivity contribution < 1.29 is 4.79 Å². The Morgan fingerprint density at radius 2 is 1.81 bits per heavy atom. The fraction of sp³-hybridized carbons (Fsp3) is 0.522. The molecule has 2 aliphatic rings. The highest BCUT2D eigenvalue weighted by atomic mass is 32.1. The van der Waals surface area contributed by atoms with Gasteiger partial charge in [0.05, 0.1) is 18.3 Å². The average molecular weight is 441 g/mol. The van der Waals surface area contributed by atoms with Crippen molar-refractivity contribution in [1.29, 1.82) is 0 Å². The number of guanidine groups is 1. The lowest BCUT2D eigenvalue weighted by molar-refractivity contribution is -0.135. The molecule has 0 spiro atoms. The van der Waals surface area contributed by atoms with Crippen molar-refractivity contribution in [2.45, 2.75) is 32.4 Å². The number of piperazine rings is 1. The summed E-state index contributed by atoms with van der Waals surface area (Å²) in [5.41, 5.74) is 2.16. The largest absolute Gasteiger partial charge is 0.350 e. The Morgan fingerprint density at radius 3 is 2.48 bits per heavy atom. The number of likely N-dealkylation sites (tertiary alicyclic amines) is 1. The van der Waals surface area contributed by atoms with Crippen molar-refractivity contribution in [1.82, 2.24) is 25.0 Å². The highest BCUT2D eigenvalue weighted by Gasteiger charge is 2.30. The summed E-state index contributed by atoms with van der Waals surface area (Å²) in [4.78, 5) is 28.5. The van der Waals surface area contributed by atoms with E-state index < -0.39 is 0 Å². The third kappa shape index (κ3) is 5.25. The van der Waals surface area contributed by atoms with Gasteiger partial charge in [0.15, 0.2) is 5.96 Å². The Hall–Kier alpha value is -2.45. The first kappa shape index (κ1) is 21.8. The van der Waals surface area contributed by atoms with Gasteiger partial charge < -0.3 is 15.1 Å². The van der Waals surface area contributed by atoms with Crippen LogP contribution in [0.3, 0.4) is 0 Å². The van der Waals surface area contributed by atoms with Gasteiger partial charge in [0.2, 0.25) is 5.91 Å². The van der Waals surface area contributed by atoms with Crippen molar-refractivity contribution in [3.05, 3.63) is 40.7 Å². The number of amides is 1. The van der Waals surface area contributed by atoms with Crippen LogP contribution in [0.2, 0.25) is 0 Å². The molecule has 2 saturated heterocycles. The van der Waals surface area contributed by atoms with Gasteiger partial charge >= 0.3 is 0 Å². The van der Waals surface area contributed by atoms with Crippen LogP contribution in [-0.2, 0) is 11.3 Å². The van der Waals surface area contributed by atoms with Gasteiger partial charge in [-0.15, -0.1) is 11.3 Å². The number of benzene rings is 1. The van der Waals surface area contributed by atoms with E-state index in [9.17, 15) is 4.79 Å². The van der Waals surface area contributed by atoms with Gasteiger partial charge in [-0.3, -0.25) is 14.7 Å². The van der Waals surface area contributed by atoms with Crippen LogP contribution in [0.5, 0.6) is 0 Å². The van der Waals surface area contributed by atoms with E-state index in [1.165, 1.54) is 0 Å². The number of nitrogens with zero attached hydrogens (tertiary/aromatic N) is 5. The lowest BCUT2D eigenvalue weighted by Crippen LogP contribution is -2.57. The Morgan fingerprint density at radius 1 is 1.10 bits per heavy atom. The molecule has 7 nitrogen and oxygen atoms in total. The minimum atomic E-state index is -0.0399. The number of carbonyl (C=O) groups excluding carboxylic acids is 1. The molecule has 0 bridgehead atoms. The first-order valence-electron chi connectivity index (χ1n) is 11.1. The van der Waals surface area contributed by atoms with Gasteiger partial charge in [-0.2, -0.15) is 0 Å². The molecule has 1 amide bonds. The van der Waals surface area contributed by atoms with Crippen LogP contribution < -0.4 is 5.32 Å². The summed E-state index contributed by atoms with van der Waals surface area (Å²) in [5.74, 6) is 1.18. The van der Waals surface area contributed by atoms with Crippen molar-refractivity contribution in [2.24, 2.45) is 4.99 Å². The maximum absolute atomic E-state index is 12.7. The van der Waals surface area contributed by atoms with Crippen molar-refractivity contribution >= 4 is 23.2 Å². The number of hydrogen-bond donors (Lipinski definition) is 1. The van der Waals surface area contributed by atoms with Gasteiger partial charge in [-0.05, 0) is 19.8 Å². The number of aromatic nitrogens is 1. The van der Waals surface area contributed by atoms with Crippen molar-refractivity contribution in [3.63, 3.8) is 0 Å². The number of nitrogens with one attached hydrogen (secondary N) is 1. The second-order valence-electron chi connectivity index (χ2n) is 8.12. The lowest BCUT2D eigenvalue weighted by Gasteiger charge is -2.39. The summed E-state index contributed by atoms with van der Waals surface area (Å²) in [6, 6.07) is 10.2. The van der Waals surface area contributed by atoms with E-state index in [4.69, 9.17) is 4.98 Å². The number of thiazole rings is 1. The molecule has 8 heteroatoms. The summed E-state index contributed by atoms with van der Waals surface area (Å²) < 4.78 is 0.